The number of aliphatic carboxylic acids is 1. The lowest BCUT2D eigenvalue weighted by atomic mass is 10.5. The SMILES string of the molecule is CN(/C=C(/Cl)C#N)CC(=O)O. The summed E-state index contributed by atoms with van der Waals surface area (Å²) in [7, 11) is 1.52. The second-order valence-electron chi connectivity index (χ2n) is 1.90. The van der Waals surface area contributed by atoms with E-state index in [0.29, 0.717) is 0 Å². The number of nitriles is 1. The molecule has 0 aliphatic heterocycles. The van der Waals surface area contributed by atoms with E-state index in [1.54, 1.807) is 6.07 Å². The molecule has 11 heavy (non-hydrogen) atoms. The Kier molecular flexibility index (Phi) is 4.08. The molecule has 0 aliphatic rings. The number of halogens is 1. The van der Waals surface area contributed by atoms with E-state index < -0.39 is 5.97 Å². The molecule has 0 heterocycles. The van der Waals surface area contributed by atoms with Gasteiger partial charge in [-0.2, -0.15) is 5.26 Å². The van der Waals surface area contributed by atoms with Crippen molar-refractivity contribution in [3.8, 4) is 6.07 Å². The Balaban J connectivity index is 3.98. The van der Waals surface area contributed by atoms with Crippen molar-refractivity contribution in [3.05, 3.63) is 11.2 Å². The fourth-order valence-electron chi connectivity index (χ4n) is 0.481. The Hall–Kier alpha value is -1.21. The summed E-state index contributed by atoms with van der Waals surface area (Å²) in [4.78, 5) is 11.4. The number of carboxylic acid groups (broad SMARTS) is 1. The van der Waals surface area contributed by atoms with Crippen molar-refractivity contribution in [2.45, 2.75) is 0 Å². The van der Waals surface area contributed by atoms with Gasteiger partial charge in [-0.3, -0.25) is 4.79 Å². The lowest BCUT2D eigenvalue weighted by molar-refractivity contribution is -0.137. The fraction of sp³-hybridized carbons (Fsp3) is 0.333. The predicted molar refractivity (Wildman–Crippen MR) is 39.8 cm³/mol. The minimum atomic E-state index is -0.967. The highest BCUT2D eigenvalue weighted by atomic mass is 35.5. The average Bonchev–Trinajstić information content (AvgIpc) is 1.85. The first-order chi connectivity index (χ1) is 5.06. The van der Waals surface area contributed by atoms with Crippen LogP contribution in [0.2, 0.25) is 0 Å². The molecule has 0 aromatic carbocycles. The molecule has 0 fully saturated rings. The number of carbonyl (C=O) groups is 1. The Bertz CT molecular complexity index is 219. The third-order valence-electron chi connectivity index (χ3n) is 0.825. The maximum absolute atomic E-state index is 10.1. The zero-order chi connectivity index (χ0) is 8.85. The quantitative estimate of drug-likeness (QED) is 0.637. The first kappa shape index (κ1) is 9.79. The van der Waals surface area contributed by atoms with Crippen LogP contribution >= 0.6 is 11.6 Å². The van der Waals surface area contributed by atoms with Gasteiger partial charge in [0.2, 0.25) is 0 Å². The van der Waals surface area contributed by atoms with Gasteiger partial charge in [0.25, 0.3) is 0 Å². The highest BCUT2D eigenvalue weighted by molar-refractivity contribution is 6.31. The van der Waals surface area contributed by atoms with Crippen LogP contribution in [-0.2, 0) is 4.79 Å². The van der Waals surface area contributed by atoms with E-state index in [-0.39, 0.29) is 11.6 Å². The van der Waals surface area contributed by atoms with Crippen LogP contribution in [0.25, 0.3) is 0 Å². The monoisotopic (exact) mass is 174 g/mol. The zero-order valence-electron chi connectivity index (χ0n) is 5.91. The molecule has 0 saturated carbocycles. The van der Waals surface area contributed by atoms with E-state index in [4.69, 9.17) is 22.0 Å². The number of carboxylic acids is 1. The van der Waals surface area contributed by atoms with Gasteiger partial charge in [0.05, 0.1) is 0 Å². The van der Waals surface area contributed by atoms with Crippen LogP contribution in [0.1, 0.15) is 0 Å². The van der Waals surface area contributed by atoms with Gasteiger partial charge in [-0.05, 0) is 0 Å². The number of rotatable bonds is 3. The molecule has 0 spiro atoms. The third kappa shape index (κ3) is 5.25. The van der Waals surface area contributed by atoms with Gasteiger partial charge < -0.3 is 10.0 Å². The van der Waals surface area contributed by atoms with E-state index in [1.807, 2.05) is 0 Å². The van der Waals surface area contributed by atoms with Crippen LogP contribution in [0.5, 0.6) is 0 Å². The van der Waals surface area contributed by atoms with E-state index >= 15 is 0 Å². The van der Waals surface area contributed by atoms with Crippen molar-refractivity contribution in [1.82, 2.24) is 4.90 Å². The average molecular weight is 175 g/mol. The number of allylic oxidation sites excluding steroid dienone is 1. The highest BCUT2D eigenvalue weighted by Gasteiger charge is 1.99. The van der Waals surface area contributed by atoms with Crippen molar-refractivity contribution in [2.24, 2.45) is 0 Å². The highest BCUT2D eigenvalue weighted by Crippen LogP contribution is 1.99. The van der Waals surface area contributed by atoms with E-state index in [0.717, 1.165) is 0 Å². The molecule has 0 aromatic heterocycles. The summed E-state index contributed by atoms with van der Waals surface area (Å²) in [6.07, 6.45) is 1.26. The smallest absolute Gasteiger partial charge is 0.323 e. The van der Waals surface area contributed by atoms with Crippen LogP contribution in [0.3, 0.4) is 0 Å². The molecule has 0 radical (unpaired) electrons. The first-order valence-electron chi connectivity index (χ1n) is 2.75. The number of hydrogen-bond donors (Lipinski definition) is 1. The van der Waals surface area contributed by atoms with Gasteiger partial charge in [-0.1, -0.05) is 11.6 Å². The molecule has 0 unspecified atom stereocenters. The van der Waals surface area contributed by atoms with Crippen molar-refractivity contribution in [2.75, 3.05) is 13.6 Å². The molecule has 0 rings (SSSR count). The maximum atomic E-state index is 10.1. The van der Waals surface area contributed by atoms with Gasteiger partial charge in [0, 0.05) is 13.2 Å². The molecule has 0 bridgehead atoms. The van der Waals surface area contributed by atoms with Gasteiger partial charge in [-0.15, -0.1) is 0 Å². The molecule has 0 aliphatic carbocycles. The molecule has 60 valence electrons. The van der Waals surface area contributed by atoms with Crippen molar-refractivity contribution in [1.29, 1.82) is 5.26 Å². The third-order valence-corrected chi connectivity index (χ3v) is 1.01. The Labute approximate surface area is 69.3 Å². The number of nitrogens with zero attached hydrogens (tertiary/aromatic N) is 2. The van der Waals surface area contributed by atoms with Crippen molar-refractivity contribution >= 4 is 17.6 Å². The number of likely N-dealkylation sites (N-methyl/N-ethyl adjacent to an activating group) is 1. The largest absolute Gasteiger partial charge is 0.480 e. The predicted octanol–water partition coefficient (Wildman–Crippen LogP) is 0.607. The lowest BCUT2D eigenvalue weighted by Gasteiger charge is -2.08. The van der Waals surface area contributed by atoms with Gasteiger partial charge >= 0.3 is 5.97 Å². The standard InChI is InChI=1S/C6H7ClN2O2/c1-9(4-6(10)11)3-5(7)2-8/h3H,4H2,1H3,(H,10,11)/b5-3+. The normalized spacial score (nSPS) is 10.5. The first-order valence-corrected chi connectivity index (χ1v) is 3.13. The Morgan fingerprint density at radius 1 is 1.91 bits per heavy atom. The van der Waals surface area contributed by atoms with Crippen LogP contribution in [-0.4, -0.2) is 29.6 Å². The van der Waals surface area contributed by atoms with E-state index in [2.05, 4.69) is 0 Å². The Morgan fingerprint density at radius 3 is 2.82 bits per heavy atom. The minimum Gasteiger partial charge on any atom is -0.480 e. The van der Waals surface area contributed by atoms with E-state index in [9.17, 15) is 4.79 Å². The molecular weight excluding hydrogens is 168 g/mol. The van der Waals surface area contributed by atoms with Gasteiger partial charge in [0.15, 0.2) is 0 Å². The van der Waals surface area contributed by atoms with Crippen LogP contribution in [0, 0.1) is 11.3 Å². The molecular formula is C6H7ClN2O2. The topological polar surface area (TPSA) is 64.3 Å². The van der Waals surface area contributed by atoms with Crippen molar-refractivity contribution in [3.63, 3.8) is 0 Å². The molecule has 4 nitrogen and oxygen atoms in total. The van der Waals surface area contributed by atoms with E-state index in [1.165, 1.54) is 18.1 Å². The minimum absolute atomic E-state index is 0.0336. The van der Waals surface area contributed by atoms with Crippen LogP contribution in [0.4, 0.5) is 0 Å². The van der Waals surface area contributed by atoms with Crippen LogP contribution in [0.15, 0.2) is 11.2 Å². The van der Waals surface area contributed by atoms with Gasteiger partial charge in [0.1, 0.15) is 17.6 Å². The summed E-state index contributed by atoms with van der Waals surface area (Å²) in [6, 6.07) is 1.66. The summed E-state index contributed by atoms with van der Waals surface area (Å²) >= 11 is 5.31. The summed E-state index contributed by atoms with van der Waals surface area (Å²) in [5.41, 5.74) is 0. The summed E-state index contributed by atoms with van der Waals surface area (Å²) in [5, 5.41) is 16.4. The molecule has 0 aromatic rings. The fourth-order valence-corrected chi connectivity index (χ4v) is 0.648. The Morgan fingerprint density at radius 2 is 2.45 bits per heavy atom. The molecule has 0 amide bonds. The molecule has 0 atom stereocenters. The second-order valence-corrected chi connectivity index (χ2v) is 2.30. The summed E-state index contributed by atoms with van der Waals surface area (Å²) in [5.74, 6) is -0.967. The molecule has 1 N–H and O–H groups in total. The number of hydrogen-bond acceptors (Lipinski definition) is 3. The lowest BCUT2D eigenvalue weighted by Crippen LogP contribution is -2.20. The summed E-state index contributed by atoms with van der Waals surface area (Å²) in [6.45, 7) is -0.169. The van der Waals surface area contributed by atoms with Crippen molar-refractivity contribution < 1.29 is 9.90 Å². The molecule has 5 heteroatoms. The molecule has 0 saturated heterocycles. The second kappa shape index (κ2) is 4.58. The van der Waals surface area contributed by atoms with Crippen LogP contribution < -0.4 is 0 Å². The zero-order valence-corrected chi connectivity index (χ0v) is 6.67. The van der Waals surface area contributed by atoms with Gasteiger partial charge in [-0.25, -0.2) is 0 Å². The summed E-state index contributed by atoms with van der Waals surface area (Å²) < 4.78 is 0. The maximum Gasteiger partial charge on any atom is 0.323 e.